The Bertz CT molecular complexity index is 945. The van der Waals surface area contributed by atoms with Gasteiger partial charge in [0.1, 0.15) is 5.60 Å². The predicted molar refractivity (Wildman–Crippen MR) is 112 cm³/mol. The average molecular weight is 412 g/mol. The SMILES string of the molecule is CC(=O)c1ccccc1NC(=O)COC(=O)c1ccc(NC(=O)OC(C)(C)C)cc1. The summed E-state index contributed by atoms with van der Waals surface area (Å²) >= 11 is 0. The zero-order chi connectivity index (χ0) is 22.3. The van der Waals surface area contributed by atoms with Gasteiger partial charge in [0.05, 0.1) is 11.3 Å². The highest BCUT2D eigenvalue weighted by Crippen LogP contribution is 2.16. The Hall–Kier alpha value is -3.68. The van der Waals surface area contributed by atoms with Crippen molar-refractivity contribution in [1.29, 1.82) is 0 Å². The second kappa shape index (κ2) is 9.69. The molecule has 8 nitrogen and oxygen atoms in total. The molecule has 0 atom stereocenters. The third kappa shape index (κ3) is 7.05. The van der Waals surface area contributed by atoms with E-state index in [1.165, 1.54) is 31.2 Å². The maximum absolute atomic E-state index is 12.1. The van der Waals surface area contributed by atoms with Gasteiger partial charge < -0.3 is 14.8 Å². The number of hydrogen-bond acceptors (Lipinski definition) is 6. The first kappa shape index (κ1) is 22.6. The van der Waals surface area contributed by atoms with Crippen LogP contribution >= 0.6 is 0 Å². The summed E-state index contributed by atoms with van der Waals surface area (Å²) in [5.41, 5.74) is 0.745. The molecule has 0 saturated carbocycles. The molecule has 0 aromatic heterocycles. The molecule has 0 aliphatic heterocycles. The van der Waals surface area contributed by atoms with Crippen LogP contribution in [0.25, 0.3) is 0 Å². The highest BCUT2D eigenvalue weighted by Gasteiger charge is 2.17. The fraction of sp³-hybridized carbons (Fsp3) is 0.273. The van der Waals surface area contributed by atoms with Crippen LogP contribution in [0.5, 0.6) is 0 Å². The number of benzene rings is 2. The molecular formula is C22H24N2O6. The van der Waals surface area contributed by atoms with Gasteiger partial charge in [-0.15, -0.1) is 0 Å². The number of carbonyl (C=O) groups excluding carboxylic acids is 4. The first-order valence-corrected chi connectivity index (χ1v) is 9.22. The molecule has 0 spiro atoms. The van der Waals surface area contributed by atoms with Gasteiger partial charge in [-0.05, 0) is 64.1 Å². The third-order valence-corrected chi connectivity index (χ3v) is 3.68. The Labute approximate surface area is 174 Å². The number of ether oxygens (including phenoxy) is 2. The first-order chi connectivity index (χ1) is 14.0. The van der Waals surface area contributed by atoms with Crippen LogP contribution in [-0.4, -0.2) is 36.0 Å². The molecular weight excluding hydrogens is 388 g/mol. The second-order valence-corrected chi connectivity index (χ2v) is 7.43. The van der Waals surface area contributed by atoms with E-state index in [1.54, 1.807) is 45.0 Å². The van der Waals surface area contributed by atoms with Crippen molar-refractivity contribution in [1.82, 2.24) is 0 Å². The second-order valence-electron chi connectivity index (χ2n) is 7.43. The molecule has 0 bridgehead atoms. The van der Waals surface area contributed by atoms with E-state index < -0.39 is 30.2 Å². The normalized spacial score (nSPS) is 10.7. The van der Waals surface area contributed by atoms with Crippen LogP contribution in [0.3, 0.4) is 0 Å². The number of rotatable bonds is 6. The smallest absolute Gasteiger partial charge is 0.412 e. The minimum absolute atomic E-state index is 0.192. The molecule has 2 aromatic carbocycles. The number of nitrogens with one attached hydrogen (secondary N) is 2. The molecule has 30 heavy (non-hydrogen) atoms. The van der Waals surface area contributed by atoms with Gasteiger partial charge in [-0.3, -0.25) is 14.9 Å². The van der Waals surface area contributed by atoms with E-state index in [1.807, 2.05) is 0 Å². The molecule has 0 aliphatic carbocycles. The summed E-state index contributed by atoms with van der Waals surface area (Å²) in [7, 11) is 0. The van der Waals surface area contributed by atoms with Gasteiger partial charge in [0, 0.05) is 11.3 Å². The molecule has 8 heteroatoms. The van der Waals surface area contributed by atoms with E-state index in [4.69, 9.17) is 9.47 Å². The lowest BCUT2D eigenvalue weighted by atomic mass is 10.1. The molecule has 0 aliphatic rings. The molecule has 2 rings (SSSR count). The van der Waals surface area contributed by atoms with Gasteiger partial charge in [0.15, 0.2) is 12.4 Å². The summed E-state index contributed by atoms with van der Waals surface area (Å²) in [6, 6.07) is 12.5. The number of anilines is 2. The molecule has 0 radical (unpaired) electrons. The van der Waals surface area contributed by atoms with Crippen LogP contribution in [0.4, 0.5) is 16.2 Å². The van der Waals surface area contributed by atoms with Crippen molar-refractivity contribution < 1.29 is 28.7 Å². The van der Waals surface area contributed by atoms with E-state index in [0.29, 0.717) is 16.9 Å². The summed E-state index contributed by atoms with van der Waals surface area (Å²) in [6.45, 7) is 6.14. The quantitative estimate of drug-likeness (QED) is 0.547. The standard InChI is InChI=1S/C22H24N2O6/c1-14(25)17-7-5-6-8-18(17)24-19(26)13-29-20(27)15-9-11-16(12-10-15)23-21(28)30-22(2,3)4/h5-12H,13H2,1-4H3,(H,23,28)(H,24,26). The lowest BCUT2D eigenvalue weighted by Crippen LogP contribution is -2.27. The van der Waals surface area contributed by atoms with Crippen LogP contribution in [0, 0.1) is 0 Å². The first-order valence-electron chi connectivity index (χ1n) is 9.22. The molecule has 158 valence electrons. The van der Waals surface area contributed by atoms with Gasteiger partial charge >= 0.3 is 12.1 Å². The summed E-state index contributed by atoms with van der Waals surface area (Å²) in [5.74, 6) is -1.46. The van der Waals surface area contributed by atoms with Gasteiger partial charge in [0.25, 0.3) is 5.91 Å². The van der Waals surface area contributed by atoms with Gasteiger partial charge in [-0.2, -0.15) is 0 Å². The maximum Gasteiger partial charge on any atom is 0.412 e. The molecule has 0 fully saturated rings. The third-order valence-electron chi connectivity index (χ3n) is 3.68. The van der Waals surface area contributed by atoms with E-state index in [-0.39, 0.29) is 11.3 Å². The largest absolute Gasteiger partial charge is 0.452 e. The number of ketones is 1. The zero-order valence-corrected chi connectivity index (χ0v) is 17.3. The number of para-hydroxylation sites is 1. The van der Waals surface area contributed by atoms with Crippen molar-refractivity contribution in [2.24, 2.45) is 0 Å². The topological polar surface area (TPSA) is 111 Å². The molecule has 2 amide bonds. The molecule has 0 saturated heterocycles. The van der Waals surface area contributed by atoms with Crippen molar-refractivity contribution in [3.63, 3.8) is 0 Å². The Balaban J connectivity index is 1.88. The lowest BCUT2D eigenvalue weighted by Gasteiger charge is -2.19. The lowest BCUT2D eigenvalue weighted by molar-refractivity contribution is -0.119. The number of amides is 2. The monoisotopic (exact) mass is 412 g/mol. The minimum atomic E-state index is -0.700. The van der Waals surface area contributed by atoms with Crippen molar-refractivity contribution in [2.45, 2.75) is 33.3 Å². The van der Waals surface area contributed by atoms with E-state index in [2.05, 4.69) is 10.6 Å². The number of carbonyl (C=O) groups is 4. The van der Waals surface area contributed by atoms with Crippen molar-refractivity contribution in [2.75, 3.05) is 17.2 Å². The Morgan fingerprint density at radius 3 is 2.13 bits per heavy atom. The number of esters is 1. The van der Waals surface area contributed by atoms with Crippen LogP contribution < -0.4 is 10.6 Å². The number of hydrogen-bond donors (Lipinski definition) is 2. The Morgan fingerprint density at radius 2 is 1.53 bits per heavy atom. The van der Waals surface area contributed by atoms with Gasteiger partial charge in [-0.25, -0.2) is 9.59 Å². The molecule has 2 N–H and O–H groups in total. The molecule has 2 aromatic rings. The maximum atomic E-state index is 12.1. The molecule has 0 heterocycles. The summed E-state index contributed by atoms with van der Waals surface area (Å²) in [5, 5.41) is 5.10. The fourth-order valence-electron chi connectivity index (χ4n) is 2.41. The van der Waals surface area contributed by atoms with Crippen LogP contribution in [0.1, 0.15) is 48.4 Å². The molecule has 0 unspecified atom stereocenters. The van der Waals surface area contributed by atoms with Crippen molar-refractivity contribution in [3.8, 4) is 0 Å². The fourth-order valence-corrected chi connectivity index (χ4v) is 2.41. The van der Waals surface area contributed by atoms with Crippen LogP contribution in [0.2, 0.25) is 0 Å². The predicted octanol–water partition coefficient (Wildman–Crippen LogP) is 4.03. The Kier molecular flexibility index (Phi) is 7.30. The highest BCUT2D eigenvalue weighted by atomic mass is 16.6. The van der Waals surface area contributed by atoms with E-state index in [0.717, 1.165) is 0 Å². The average Bonchev–Trinajstić information content (AvgIpc) is 2.65. The summed E-state index contributed by atoms with van der Waals surface area (Å²) in [6.07, 6.45) is -0.611. The minimum Gasteiger partial charge on any atom is -0.452 e. The summed E-state index contributed by atoms with van der Waals surface area (Å²) in [4.78, 5) is 47.5. The Morgan fingerprint density at radius 1 is 0.900 bits per heavy atom. The summed E-state index contributed by atoms with van der Waals surface area (Å²) < 4.78 is 10.2. The van der Waals surface area contributed by atoms with Crippen LogP contribution in [0.15, 0.2) is 48.5 Å². The van der Waals surface area contributed by atoms with Crippen molar-refractivity contribution >= 4 is 35.1 Å². The van der Waals surface area contributed by atoms with Gasteiger partial charge in [-0.1, -0.05) is 12.1 Å². The number of Topliss-reactive ketones (excluding diaryl/α,β-unsaturated/α-hetero) is 1. The van der Waals surface area contributed by atoms with Gasteiger partial charge in [0.2, 0.25) is 0 Å². The highest BCUT2D eigenvalue weighted by molar-refractivity contribution is 6.04. The zero-order valence-electron chi connectivity index (χ0n) is 17.3. The van der Waals surface area contributed by atoms with E-state index >= 15 is 0 Å². The van der Waals surface area contributed by atoms with Crippen molar-refractivity contribution in [3.05, 3.63) is 59.7 Å². The van der Waals surface area contributed by atoms with E-state index in [9.17, 15) is 19.2 Å². The van der Waals surface area contributed by atoms with Crippen LogP contribution in [-0.2, 0) is 14.3 Å².